The molecule has 1 fully saturated rings. The van der Waals surface area contributed by atoms with Crippen LogP contribution >= 0.6 is 15.9 Å². The molecule has 0 spiro atoms. The Labute approximate surface area is 123 Å². The van der Waals surface area contributed by atoms with Crippen LogP contribution in [0.5, 0.6) is 0 Å². The van der Waals surface area contributed by atoms with Crippen molar-refractivity contribution >= 4 is 27.8 Å². The first-order valence-corrected chi connectivity index (χ1v) is 8.31. The predicted molar refractivity (Wildman–Crippen MR) is 78.2 cm³/mol. The SMILES string of the molecule is CCOC(=O)C1CCC(NC(=O)CCCCBr)CC1. The average molecular weight is 334 g/mol. The third-order valence-electron chi connectivity index (χ3n) is 3.50. The molecule has 1 amide bonds. The summed E-state index contributed by atoms with van der Waals surface area (Å²) in [6.07, 6.45) is 5.97. The number of rotatable bonds is 7. The molecule has 5 heteroatoms. The van der Waals surface area contributed by atoms with E-state index in [1.807, 2.05) is 6.92 Å². The van der Waals surface area contributed by atoms with Gasteiger partial charge in [0.1, 0.15) is 0 Å². The molecule has 0 saturated heterocycles. The molecule has 0 atom stereocenters. The molecule has 110 valence electrons. The third kappa shape index (κ3) is 6.41. The van der Waals surface area contributed by atoms with E-state index in [2.05, 4.69) is 21.2 Å². The number of ether oxygens (including phenoxy) is 1. The van der Waals surface area contributed by atoms with E-state index in [0.29, 0.717) is 13.0 Å². The van der Waals surface area contributed by atoms with E-state index in [9.17, 15) is 9.59 Å². The lowest BCUT2D eigenvalue weighted by atomic mass is 9.86. The highest BCUT2D eigenvalue weighted by Crippen LogP contribution is 2.25. The summed E-state index contributed by atoms with van der Waals surface area (Å²) in [6, 6.07) is 0.238. The second kappa shape index (κ2) is 9.34. The summed E-state index contributed by atoms with van der Waals surface area (Å²) >= 11 is 3.36. The number of amides is 1. The Bertz CT molecular complexity index is 288. The Balaban J connectivity index is 2.19. The van der Waals surface area contributed by atoms with Crippen molar-refractivity contribution in [2.24, 2.45) is 5.92 Å². The summed E-state index contributed by atoms with van der Waals surface area (Å²) in [4.78, 5) is 23.3. The van der Waals surface area contributed by atoms with Crippen LogP contribution in [0.2, 0.25) is 0 Å². The molecule has 19 heavy (non-hydrogen) atoms. The van der Waals surface area contributed by atoms with Gasteiger partial charge in [0.2, 0.25) is 5.91 Å². The van der Waals surface area contributed by atoms with Gasteiger partial charge < -0.3 is 10.1 Å². The number of halogens is 1. The van der Waals surface area contributed by atoms with Gasteiger partial charge >= 0.3 is 5.97 Å². The van der Waals surface area contributed by atoms with Gasteiger partial charge in [0, 0.05) is 17.8 Å². The molecule has 4 nitrogen and oxygen atoms in total. The lowest BCUT2D eigenvalue weighted by Crippen LogP contribution is -2.38. The van der Waals surface area contributed by atoms with Crippen LogP contribution in [0.15, 0.2) is 0 Å². The van der Waals surface area contributed by atoms with Crippen molar-refractivity contribution in [2.75, 3.05) is 11.9 Å². The van der Waals surface area contributed by atoms with Gasteiger partial charge in [-0.15, -0.1) is 0 Å². The molecule has 1 aliphatic carbocycles. The number of hydrogen-bond acceptors (Lipinski definition) is 3. The fraction of sp³-hybridized carbons (Fsp3) is 0.857. The third-order valence-corrected chi connectivity index (χ3v) is 4.06. The van der Waals surface area contributed by atoms with Gasteiger partial charge in [-0.3, -0.25) is 9.59 Å². The normalized spacial score (nSPS) is 22.8. The van der Waals surface area contributed by atoms with Gasteiger partial charge in [0.15, 0.2) is 0 Å². The molecule has 1 aliphatic rings. The van der Waals surface area contributed by atoms with Gasteiger partial charge in [0.25, 0.3) is 0 Å². The fourth-order valence-corrected chi connectivity index (χ4v) is 2.81. The van der Waals surface area contributed by atoms with Crippen LogP contribution < -0.4 is 5.32 Å². The summed E-state index contributed by atoms with van der Waals surface area (Å²) < 4.78 is 5.03. The highest BCUT2D eigenvalue weighted by Gasteiger charge is 2.27. The molecule has 0 aliphatic heterocycles. The van der Waals surface area contributed by atoms with Crippen LogP contribution in [0.4, 0.5) is 0 Å². The van der Waals surface area contributed by atoms with E-state index >= 15 is 0 Å². The van der Waals surface area contributed by atoms with Crippen molar-refractivity contribution in [3.8, 4) is 0 Å². The van der Waals surface area contributed by atoms with Crippen LogP contribution in [-0.2, 0) is 14.3 Å². The second-order valence-electron chi connectivity index (χ2n) is 5.01. The van der Waals surface area contributed by atoms with Crippen LogP contribution in [0.3, 0.4) is 0 Å². The molecule has 0 heterocycles. The van der Waals surface area contributed by atoms with Crippen molar-refractivity contribution in [3.63, 3.8) is 0 Å². The number of carbonyl (C=O) groups is 2. The number of nitrogens with one attached hydrogen (secondary N) is 1. The minimum Gasteiger partial charge on any atom is -0.466 e. The Morgan fingerprint density at radius 1 is 1.21 bits per heavy atom. The van der Waals surface area contributed by atoms with Crippen LogP contribution in [0.1, 0.15) is 51.9 Å². The van der Waals surface area contributed by atoms with Gasteiger partial charge in [-0.25, -0.2) is 0 Å². The Morgan fingerprint density at radius 2 is 1.89 bits per heavy atom. The molecular weight excluding hydrogens is 310 g/mol. The summed E-state index contributed by atoms with van der Waals surface area (Å²) in [7, 11) is 0. The second-order valence-corrected chi connectivity index (χ2v) is 5.81. The van der Waals surface area contributed by atoms with Crippen molar-refractivity contribution < 1.29 is 14.3 Å². The number of hydrogen-bond donors (Lipinski definition) is 1. The molecule has 0 aromatic heterocycles. The van der Waals surface area contributed by atoms with Gasteiger partial charge in [0.05, 0.1) is 12.5 Å². The van der Waals surface area contributed by atoms with Gasteiger partial charge in [-0.05, 0) is 45.4 Å². The molecule has 1 saturated carbocycles. The first-order valence-electron chi connectivity index (χ1n) is 7.19. The Hall–Kier alpha value is -0.580. The standard InChI is InChI=1S/C14H24BrNO3/c1-2-19-14(18)11-6-8-12(9-7-11)16-13(17)5-3-4-10-15/h11-12H,2-10H2,1H3,(H,16,17). The van der Waals surface area contributed by atoms with E-state index in [4.69, 9.17) is 4.74 Å². The van der Waals surface area contributed by atoms with Crippen molar-refractivity contribution in [1.82, 2.24) is 5.32 Å². The largest absolute Gasteiger partial charge is 0.466 e. The highest BCUT2D eigenvalue weighted by atomic mass is 79.9. The molecule has 0 aromatic carbocycles. The molecule has 0 radical (unpaired) electrons. The number of esters is 1. The Morgan fingerprint density at radius 3 is 2.47 bits per heavy atom. The van der Waals surface area contributed by atoms with E-state index in [0.717, 1.165) is 43.9 Å². The minimum atomic E-state index is -0.0791. The zero-order valence-electron chi connectivity index (χ0n) is 11.6. The molecule has 1 N–H and O–H groups in total. The number of carbonyl (C=O) groups excluding carboxylic acids is 2. The van der Waals surface area contributed by atoms with Gasteiger partial charge in [-0.1, -0.05) is 15.9 Å². The summed E-state index contributed by atoms with van der Waals surface area (Å²) in [6.45, 7) is 2.28. The lowest BCUT2D eigenvalue weighted by Gasteiger charge is -2.27. The zero-order valence-corrected chi connectivity index (χ0v) is 13.2. The summed E-state index contributed by atoms with van der Waals surface area (Å²) in [5.74, 6) is 0.0895. The topological polar surface area (TPSA) is 55.4 Å². The molecule has 0 bridgehead atoms. The first-order chi connectivity index (χ1) is 9.17. The van der Waals surface area contributed by atoms with E-state index in [1.165, 1.54) is 0 Å². The quantitative estimate of drug-likeness (QED) is 0.442. The molecular formula is C14H24BrNO3. The Kier molecular flexibility index (Phi) is 8.10. The molecule has 0 aromatic rings. The lowest BCUT2D eigenvalue weighted by molar-refractivity contribution is -0.149. The maximum atomic E-state index is 11.7. The zero-order chi connectivity index (χ0) is 14.1. The van der Waals surface area contributed by atoms with E-state index < -0.39 is 0 Å². The van der Waals surface area contributed by atoms with Gasteiger partial charge in [-0.2, -0.15) is 0 Å². The average Bonchev–Trinajstić information content (AvgIpc) is 2.40. The molecule has 0 unspecified atom stereocenters. The van der Waals surface area contributed by atoms with Crippen molar-refractivity contribution in [2.45, 2.75) is 57.9 Å². The summed E-state index contributed by atoms with van der Waals surface area (Å²) in [5, 5.41) is 4.01. The maximum Gasteiger partial charge on any atom is 0.308 e. The van der Waals surface area contributed by atoms with Crippen molar-refractivity contribution in [1.29, 1.82) is 0 Å². The van der Waals surface area contributed by atoms with Crippen LogP contribution in [0, 0.1) is 5.92 Å². The fourth-order valence-electron chi connectivity index (χ4n) is 2.41. The number of alkyl halides is 1. The van der Waals surface area contributed by atoms with Crippen LogP contribution in [-0.4, -0.2) is 29.9 Å². The summed E-state index contributed by atoms with van der Waals surface area (Å²) in [5.41, 5.74) is 0. The smallest absolute Gasteiger partial charge is 0.308 e. The highest BCUT2D eigenvalue weighted by molar-refractivity contribution is 9.09. The monoisotopic (exact) mass is 333 g/mol. The number of unbranched alkanes of at least 4 members (excludes halogenated alkanes) is 1. The van der Waals surface area contributed by atoms with Crippen LogP contribution in [0.25, 0.3) is 0 Å². The first kappa shape index (κ1) is 16.5. The van der Waals surface area contributed by atoms with E-state index in [-0.39, 0.29) is 23.8 Å². The van der Waals surface area contributed by atoms with E-state index in [1.54, 1.807) is 0 Å². The predicted octanol–water partition coefficient (Wildman–Crippen LogP) is 2.79. The van der Waals surface area contributed by atoms with Crippen molar-refractivity contribution in [3.05, 3.63) is 0 Å². The molecule has 1 rings (SSSR count). The maximum absolute atomic E-state index is 11.7. The minimum absolute atomic E-state index is 0.0292.